The molecule has 1 fully saturated rings. The molecule has 0 radical (unpaired) electrons. The number of benzene rings is 2. The van der Waals surface area contributed by atoms with E-state index in [9.17, 15) is 9.18 Å². The number of nitrogen functional groups attached to an aromatic ring is 1. The lowest BCUT2D eigenvalue weighted by atomic mass is 9.97. The van der Waals surface area contributed by atoms with Gasteiger partial charge in [0.25, 0.3) is 0 Å². The van der Waals surface area contributed by atoms with Gasteiger partial charge in [-0.05, 0) is 67.9 Å². The van der Waals surface area contributed by atoms with Gasteiger partial charge in [-0.15, -0.1) is 0 Å². The highest BCUT2D eigenvalue weighted by Gasteiger charge is 2.21. The minimum Gasteiger partial charge on any atom is -0.477 e. The van der Waals surface area contributed by atoms with Crippen molar-refractivity contribution in [2.24, 2.45) is 0 Å². The summed E-state index contributed by atoms with van der Waals surface area (Å²) in [6, 6.07) is 13.4. The fourth-order valence-electron chi connectivity index (χ4n) is 3.40. The number of likely N-dealkylation sites (tertiary alicyclic amines) is 1. The van der Waals surface area contributed by atoms with Gasteiger partial charge in [-0.1, -0.05) is 6.07 Å². The molecule has 28 heavy (non-hydrogen) atoms. The number of halogens is 1. The number of nitrogens with zero attached hydrogens (tertiary/aromatic N) is 2. The summed E-state index contributed by atoms with van der Waals surface area (Å²) in [7, 11) is 2.14. The van der Waals surface area contributed by atoms with Crippen molar-refractivity contribution in [3.63, 3.8) is 0 Å². The second-order valence-corrected chi connectivity index (χ2v) is 6.97. The first kappa shape index (κ1) is 19.4. The number of likely N-dealkylation sites (N-methyl/N-ethyl adjacent to an activating group) is 1. The molecule has 0 aliphatic carbocycles. The van der Waals surface area contributed by atoms with Crippen molar-refractivity contribution >= 4 is 22.6 Å². The number of nitriles is 1. The van der Waals surface area contributed by atoms with Gasteiger partial charge in [-0.3, -0.25) is 0 Å². The molecule has 3 aromatic rings. The predicted molar refractivity (Wildman–Crippen MR) is 106 cm³/mol. The SMILES string of the molecule is CN1CCC(c2ccc3[nH]c(C(=O)O)cc3c2)C1.N#Cc1cc(N)cc(F)c1. The summed E-state index contributed by atoms with van der Waals surface area (Å²) in [5.41, 5.74) is 8.22. The first-order valence-electron chi connectivity index (χ1n) is 8.86. The van der Waals surface area contributed by atoms with Crippen LogP contribution in [-0.4, -0.2) is 41.1 Å². The van der Waals surface area contributed by atoms with Crippen LogP contribution in [0.4, 0.5) is 10.1 Å². The number of anilines is 1. The molecule has 7 heteroatoms. The molecular weight excluding hydrogens is 359 g/mol. The molecular formula is C21H21FN4O2. The number of nitrogens with one attached hydrogen (secondary N) is 1. The van der Waals surface area contributed by atoms with E-state index >= 15 is 0 Å². The Labute approximate surface area is 162 Å². The minimum atomic E-state index is -0.909. The Morgan fingerprint density at radius 2 is 2.11 bits per heavy atom. The number of aromatic nitrogens is 1. The summed E-state index contributed by atoms with van der Waals surface area (Å²) in [6.45, 7) is 2.22. The fraction of sp³-hybridized carbons (Fsp3) is 0.238. The number of aromatic carboxylic acids is 1. The molecule has 144 valence electrons. The van der Waals surface area contributed by atoms with Gasteiger partial charge in [0, 0.05) is 23.1 Å². The third kappa shape index (κ3) is 4.48. The zero-order valence-corrected chi connectivity index (χ0v) is 15.4. The summed E-state index contributed by atoms with van der Waals surface area (Å²) in [5.74, 6) is -0.813. The maximum atomic E-state index is 12.4. The second kappa shape index (κ2) is 8.11. The number of hydrogen-bond donors (Lipinski definition) is 3. The van der Waals surface area contributed by atoms with Gasteiger partial charge in [0.2, 0.25) is 0 Å². The number of fused-ring (bicyclic) bond motifs is 1. The largest absolute Gasteiger partial charge is 0.477 e. The fourth-order valence-corrected chi connectivity index (χ4v) is 3.40. The van der Waals surface area contributed by atoms with E-state index < -0.39 is 11.8 Å². The Morgan fingerprint density at radius 3 is 2.71 bits per heavy atom. The summed E-state index contributed by atoms with van der Waals surface area (Å²) in [5, 5.41) is 18.3. The third-order valence-electron chi connectivity index (χ3n) is 4.79. The molecule has 1 unspecified atom stereocenters. The third-order valence-corrected chi connectivity index (χ3v) is 4.79. The Kier molecular flexibility index (Phi) is 5.62. The highest BCUT2D eigenvalue weighted by molar-refractivity contribution is 5.93. The molecule has 0 amide bonds. The number of carbonyl (C=O) groups is 1. The van der Waals surface area contributed by atoms with E-state index in [4.69, 9.17) is 16.1 Å². The Balaban J connectivity index is 0.000000192. The Morgan fingerprint density at radius 1 is 1.32 bits per heavy atom. The van der Waals surface area contributed by atoms with Crippen molar-refractivity contribution in [2.45, 2.75) is 12.3 Å². The van der Waals surface area contributed by atoms with Crippen LogP contribution in [-0.2, 0) is 0 Å². The van der Waals surface area contributed by atoms with Crippen LogP contribution >= 0.6 is 0 Å². The van der Waals surface area contributed by atoms with E-state index in [1.807, 2.05) is 6.07 Å². The number of carboxylic acid groups (broad SMARTS) is 1. The molecule has 2 heterocycles. The van der Waals surface area contributed by atoms with Crippen LogP contribution in [0.15, 0.2) is 42.5 Å². The average molecular weight is 380 g/mol. The molecule has 1 aliphatic rings. The van der Waals surface area contributed by atoms with E-state index in [-0.39, 0.29) is 16.9 Å². The van der Waals surface area contributed by atoms with Crippen LogP contribution in [0.3, 0.4) is 0 Å². The van der Waals surface area contributed by atoms with Gasteiger partial charge in [0.1, 0.15) is 11.5 Å². The van der Waals surface area contributed by atoms with Crippen molar-refractivity contribution < 1.29 is 14.3 Å². The molecule has 4 rings (SSSR count). The van der Waals surface area contributed by atoms with Crippen molar-refractivity contribution in [2.75, 3.05) is 25.9 Å². The Bertz CT molecular complexity index is 1030. The Hall–Kier alpha value is -3.37. The van der Waals surface area contributed by atoms with Crippen molar-refractivity contribution in [1.82, 2.24) is 9.88 Å². The summed E-state index contributed by atoms with van der Waals surface area (Å²) < 4.78 is 12.4. The topological polar surface area (TPSA) is 106 Å². The van der Waals surface area contributed by atoms with Crippen LogP contribution in [0, 0.1) is 17.1 Å². The summed E-state index contributed by atoms with van der Waals surface area (Å²) in [4.78, 5) is 16.2. The van der Waals surface area contributed by atoms with Gasteiger partial charge in [0.05, 0.1) is 11.6 Å². The predicted octanol–water partition coefficient (Wildman–Crippen LogP) is 3.56. The molecule has 2 aromatic carbocycles. The van der Waals surface area contributed by atoms with Crippen LogP contribution < -0.4 is 5.73 Å². The number of aromatic amines is 1. The minimum absolute atomic E-state index is 0.248. The van der Waals surface area contributed by atoms with E-state index in [0.717, 1.165) is 30.1 Å². The number of H-pyrrole nitrogens is 1. The van der Waals surface area contributed by atoms with Gasteiger partial charge >= 0.3 is 5.97 Å². The summed E-state index contributed by atoms with van der Waals surface area (Å²) >= 11 is 0. The maximum absolute atomic E-state index is 12.4. The van der Waals surface area contributed by atoms with E-state index in [1.165, 1.54) is 24.1 Å². The van der Waals surface area contributed by atoms with Gasteiger partial charge < -0.3 is 20.7 Å². The highest BCUT2D eigenvalue weighted by Crippen LogP contribution is 2.29. The van der Waals surface area contributed by atoms with Gasteiger partial charge in [-0.25, -0.2) is 9.18 Å². The molecule has 1 saturated heterocycles. The monoisotopic (exact) mass is 380 g/mol. The maximum Gasteiger partial charge on any atom is 0.352 e. The quantitative estimate of drug-likeness (QED) is 0.590. The lowest BCUT2D eigenvalue weighted by molar-refractivity contribution is 0.0691. The van der Waals surface area contributed by atoms with Crippen molar-refractivity contribution in [3.8, 4) is 6.07 Å². The van der Waals surface area contributed by atoms with Gasteiger partial charge in [-0.2, -0.15) is 5.26 Å². The van der Waals surface area contributed by atoms with E-state index in [1.54, 1.807) is 12.1 Å². The van der Waals surface area contributed by atoms with Crippen molar-refractivity contribution in [3.05, 3.63) is 65.1 Å². The van der Waals surface area contributed by atoms with Crippen LogP contribution in [0.2, 0.25) is 0 Å². The molecule has 4 N–H and O–H groups in total. The van der Waals surface area contributed by atoms with Crippen molar-refractivity contribution in [1.29, 1.82) is 5.26 Å². The molecule has 1 aromatic heterocycles. The van der Waals surface area contributed by atoms with Gasteiger partial charge in [0.15, 0.2) is 0 Å². The second-order valence-electron chi connectivity index (χ2n) is 6.97. The number of nitrogens with two attached hydrogens (primary N) is 1. The molecule has 0 saturated carbocycles. The van der Waals surface area contributed by atoms with E-state index in [0.29, 0.717) is 5.92 Å². The van der Waals surface area contributed by atoms with Crippen LogP contribution in [0.1, 0.15) is 34.0 Å². The number of hydrogen-bond acceptors (Lipinski definition) is 4. The number of rotatable bonds is 2. The van der Waals surface area contributed by atoms with Crippen LogP contribution in [0.5, 0.6) is 0 Å². The zero-order valence-electron chi connectivity index (χ0n) is 15.4. The summed E-state index contributed by atoms with van der Waals surface area (Å²) in [6.07, 6.45) is 1.18. The lowest BCUT2D eigenvalue weighted by Gasteiger charge is -2.10. The first-order valence-corrected chi connectivity index (χ1v) is 8.86. The molecule has 1 atom stereocenters. The lowest BCUT2D eigenvalue weighted by Crippen LogP contribution is -2.13. The standard InChI is InChI=1S/C14H16N2O2.C7H5FN2/c1-16-5-4-10(8-16)9-2-3-12-11(6-9)7-13(15-12)14(17)18;8-6-1-5(4-9)2-7(10)3-6/h2-3,6-7,10,15H,4-5,8H2,1H3,(H,17,18);1-3H,10H2. The normalized spacial score (nSPS) is 16.4. The molecule has 6 nitrogen and oxygen atoms in total. The highest BCUT2D eigenvalue weighted by atomic mass is 19.1. The average Bonchev–Trinajstić information content (AvgIpc) is 3.27. The molecule has 0 spiro atoms. The zero-order chi connectivity index (χ0) is 20.3. The molecule has 0 bridgehead atoms. The first-order chi connectivity index (χ1) is 13.4. The van der Waals surface area contributed by atoms with E-state index in [2.05, 4.69) is 29.1 Å². The van der Waals surface area contributed by atoms with Crippen LogP contribution in [0.25, 0.3) is 10.9 Å². The smallest absolute Gasteiger partial charge is 0.352 e. The molecule has 1 aliphatic heterocycles. The number of carboxylic acids is 1.